The summed E-state index contributed by atoms with van der Waals surface area (Å²) in [5.74, 6) is -0.642. The Morgan fingerprint density at radius 1 is 1.16 bits per heavy atom. The molecule has 1 fully saturated rings. The Labute approximate surface area is 257 Å². The number of carbonyl (C=O) groups excluding carboxylic acids is 2. The fourth-order valence-electron chi connectivity index (χ4n) is 4.89. The van der Waals surface area contributed by atoms with Gasteiger partial charge < -0.3 is 28.8 Å². The zero-order valence-corrected chi connectivity index (χ0v) is 26.5. The van der Waals surface area contributed by atoms with Crippen LogP contribution in [0.3, 0.4) is 0 Å². The number of nitrogens with one attached hydrogen (secondary N) is 1. The topological polar surface area (TPSA) is 136 Å². The third-order valence-electron chi connectivity index (χ3n) is 7.20. The number of aromatic nitrogens is 1. The molecule has 1 saturated heterocycles. The minimum absolute atomic E-state index is 0.0408. The predicted octanol–water partition coefficient (Wildman–Crippen LogP) is 4.42. The van der Waals surface area contributed by atoms with E-state index in [-0.39, 0.29) is 32.0 Å². The van der Waals surface area contributed by atoms with Crippen molar-refractivity contribution in [2.24, 2.45) is 13.0 Å². The van der Waals surface area contributed by atoms with Crippen molar-refractivity contribution < 1.29 is 28.2 Å². The fourth-order valence-corrected chi connectivity index (χ4v) is 4.89. The minimum Gasteiger partial charge on any atom is -0.444 e. The molecule has 236 valence electrons. The maximum absolute atomic E-state index is 13.4. The first-order valence-corrected chi connectivity index (χ1v) is 14.8. The van der Waals surface area contributed by atoms with E-state index < -0.39 is 41.1 Å². The van der Waals surface area contributed by atoms with Gasteiger partial charge in [-0.1, -0.05) is 44.2 Å². The van der Waals surface area contributed by atoms with Crippen LogP contribution < -0.4 is 11.1 Å². The number of rotatable bonds is 8. The number of benzene rings is 2. The third kappa shape index (κ3) is 8.27. The molecule has 0 bridgehead atoms. The van der Waals surface area contributed by atoms with Gasteiger partial charge in [-0.05, 0) is 62.4 Å². The van der Waals surface area contributed by atoms with Crippen molar-refractivity contribution in [2.45, 2.75) is 71.3 Å². The number of nitriles is 1. The number of oxazole rings is 1. The maximum atomic E-state index is 13.4. The van der Waals surface area contributed by atoms with E-state index in [9.17, 15) is 19.6 Å². The molecular weight excluding hydrogens is 564 g/mol. The zero-order chi connectivity index (χ0) is 32.2. The molecule has 44 heavy (non-hydrogen) atoms. The number of amides is 2. The number of hydrogen-bond acceptors (Lipinski definition) is 8. The molecule has 1 aliphatic rings. The second kappa shape index (κ2) is 13.2. The van der Waals surface area contributed by atoms with E-state index in [1.165, 1.54) is 9.47 Å². The Morgan fingerprint density at radius 3 is 2.48 bits per heavy atom. The van der Waals surface area contributed by atoms with Crippen LogP contribution in [0.2, 0.25) is 0 Å². The summed E-state index contributed by atoms with van der Waals surface area (Å²) in [5, 5.41) is 12.7. The lowest BCUT2D eigenvalue weighted by Gasteiger charge is -2.33. The van der Waals surface area contributed by atoms with Gasteiger partial charge in [-0.2, -0.15) is 5.26 Å². The van der Waals surface area contributed by atoms with Gasteiger partial charge in [0, 0.05) is 20.1 Å². The highest BCUT2D eigenvalue weighted by atomic mass is 16.6. The van der Waals surface area contributed by atoms with Crippen LogP contribution >= 0.6 is 0 Å². The first-order chi connectivity index (χ1) is 20.7. The third-order valence-corrected chi connectivity index (χ3v) is 7.20. The van der Waals surface area contributed by atoms with Crippen LogP contribution in [0.5, 0.6) is 0 Å². The Kier molecular flexibility index (Phi) is 9.86. The first kappa shape index (κ1) is 32.8. The molecule has 1 aliphatic heterocycles. The molecular formula is C33H42N4O7. The van der Waals surface area contributed by atoms with Crippen LogP contribution in [-0.2, 0) is 32.5 Å². The Morgan fingerprint density at radius 2 is 1.84 bits per heavy atom. The van der Waals surface area contributed by atoms with Gasteiger partial charge >= 0.3 is 11.8 Å². The van der Waals surface area contributed by atoms with Crippen LogP contribution in [0.1, 0.15) is 47.1 Å². The van der Waals surface area contributed by atoms with Gasteiger partial charge in [0.25, 0.3) is 5.91 Å². The van der Waals surface area contributed by atoms with Gasteiger partial charge in [-0.3, -0.25) is 9.36 Å². The summed E-state index contributed by atoms with van der Waals surface area (Å²) in [5.41, 5.74) is 2.34. The van der Waals surface area contributed by atoms with Crippen molar-refractivity contribution >= 4 is 23.1 Å². The molecule has 11 heteroatoms. The molecule has 0 unspecified atom stereocenters. The molecule has 0 spiro atoms. The summed E-state index contributed by atoms with van der Waals surface area (Å²) in [6.07, 6.45) is -1.31. The van der Waals surface area contributed by atoms with E-state index in [0.29, 0.717) is 17.7 Å². The monoisotopic (exact) mass is 606 g/mol. The fraction of sp³-hybridized carbons (Fsp3) is 0.515. The van der Waals surface area contributed by atoms with Gasteiger partial charge in [0.15, 0.2) is 11.7 Å². The number of ether oxygens (including phenoxy) is 3. The Hall–Kier alpha value is -4.14. The molecule has 2 heterocycles. The molecule has 3 aromatic rings. The summed E-state index contributed by atoms with van der Waals surface area (Å²) < 4.78 is 24.4. The van der Waals surface area contributed by atoms with Crippen LogP contribution in [-0.4, -0.2) is 71.1 Å². The van der Waals surface area contributed by atoms with Gasteiger partial charge in [-0.15, -0.1) is 0 Å². The maximum Gasteiger partial charge on any atom is 0.419 e. The molecule has 2 amide bonds. The van der Waals surface area contributed by atoms with Crippen LogP contribution in [0.15, 0.2) is 51.7 Å². The lowest BCUT2D eigenvalue weighted by atomic mass is 10.0. The van der Waals surface area contributed by atoms with E-state index in [4.69, 9.17) is 18.6 Å². The van der Waals surface area contributed by atoms with Crippen molar-refractivity contribution in [3.05, 3.63) is 58.6 Å². The number of nitrogens with zero attached hydrogens (tertiary/aromatic N) is 3. The van der Waals surface area contributed by atoms with E-state index in [0.717, 1.165) is 16.7 Å². The van der Waals surface area contributed by atoms with Gasteiger partial charge in [0.05, 0.1) is 31.3 Å². The van der Waals surface area contributed by atoms with Crippen LogP contribution in [0, 0.1) is 17.2 Å². The zero-order valence-electron chi connectivity index (χ0n) is 26.5. The quantitative estimate of drug-likeness (QED) is 0.398. The van der Waals surface area contributed by atoms with Crippen molar-refractivity contribution in [2.75, 3.05) is 26.3 Å². The molecule has 3 atom stereocenters. The SMILES string of the molecule is CC(C)CO[C@@]1(C)CO[C@H](C(=O)N[C@H](C#N)Cc2ccc(-c3ccc4oc(=O)n(C)c4c3)cc2)CN(C(=O)OC(C)(C)C)C1. The van der Waals surface area contributed by atoms with E-state index >= 15 is 0 Å². The predicted molar refractivity (Wildman–Crippen MR) is 165 cm³/mol. The largest absolute Gasteiger partial charge is 0.444 e. The van der Waals surface area contributed by atoms with Gasteiger partial charge in [-0.25, -0.2) is 9.59 Å². The lowest BCUT2D eigenvalue weighted by Crippen LogP contribution is -2.50. The average Bonchev–Trinajstić information content (AvgIpc) is 3.12. The highest BCUT2D eigenvalue weighted by molar-refractivity contribution is 5.83. The number of fused-ring (bicyclic) bond motifs is 1. The van der Waals surface area contributed by atoms with Gasteiger partial charge in [0.2, 0.25) is 0 Å². The van der Waals surface area contributed by atoms with Crippen LogP contribution in [0.25, 0.3) is 22.2 Å². The molecule has 1 N–H and O–H groups in total. The van der Waals surface area contributed by atoms with Crippen LogP contribution in [0.4, 0.5) is 4.79 Å². The Balaban J connectivity index is 1.44. The van der Waals surface area contributed by atoms with Crippen molar-refractivity contribution in [3.63, 3.8) is 0 Å². The Bertz CT molecular complexity index is 1580. The van der Waals surface area contributed by atoms with Gasteiger partial charge in [0.1, 0.15) is 17.2 Å². The molecule has 11 nitrogen and oxygen atoms in total. The van der Waals surface area contributed by atoms with E-state index in [2.05, 4.69) is 11.4 Å². The smallest absolute Gasteiger partial charge is 0.419 e. The molecule has 1 aromatic heterocycles. The highest BCUT2D eigenvalue weighted by Crippen LogP contribution is 2.25. The normalized spacial score (nSPS) is 19.8. The van der Waals surface area contributed by atoms with Crippen molar-refractivity contribution in [3.8, 4) is 17.2 Å². The molecule has 2 aromatic carbocycles. The summed E-state index contributed by atoms with van der Waals surface area (Å²) in [7, 11) is 1.66. The molecule has 0 radical (unpaired) electrons. The van der Waals surface area contributed by atoms with E-state index in [1.807, 2.05) is 57.2 Å². The highest BCUT2D eigenvalue weighted by Gasteiger charge is 2.40. The standard InChI is InChI=1S/C33H42N4O7/c1-21(2)18-42-33(6)19-37(31(40)44-32(3,4)5)17-28(41-20-33)29(38)35-25(16-34)14-22-8-10-23(11-9-22)24-12-13-27-26(15-24)36(7)30(39)43-27/h8-13,15,21,25,28H,14,17-20H2,1-7H3,(H,35,38)/t25-,28-,33+/m0/s1. The average molecular weight is 607 g/mol. The summed E-state index contributed by atoms with van der Waals surface area (Å²) in [4.78, 5) is 39.7. The second-order valence-corrected chi connectivity index (χ2v) is 13.0. The number of carbonyl (C=O) groups is 2. The molecule has 0 saturated carbocycles. The molecule has 0 aliphatic carbocycles. The number of aryl methyl sites for hydroxylation is 1. The lowest BCUT2D eigenvalue weighted by molar-refractivity contribution is -0.138. The summed E-state index contributed by atoms with van der Waals surface area (Å²) in [6, 6.07) is 14.5. The number of hydrogen-bond donors (Lipinski definition) is 1. The molecule has 4 rings (SSSR count). The summed E-state index contributed by atoms with van der Waals surface area (Å²) >= 11 is 0. The first-order valence-electron chi connectivity index (χ1n) is 14.8. The van der Waals surface area contributed by atoms with Crippen molar-refractivity contribution in [1.82, 2.24) is 14.8 Å². The van der Waals surface area contributed by atoms with Crippen molar-refractivity contribution in [1.29, 1.82) is 5.26 Å². The van der Waals surface area contributed by atoms with E-state index in [1.54, 1.807) is 33.9 Å². The summed E-state index contributed by atoms with van der Waals surface area (Å²) in [6.45, 7) is 12.0. The minimum atomic E-state index is -1.01. The second-order valence-electron chi connectivity index (χ2n) is 13.0.